The molecular weight excluding hydrogens is 372 g/mol. The molecule has 3 rings (SSSR count). The Morgan fingerprint density at radius 2 is 1.83 bits per heavy atom. The number of non-ortho nitro benzene ring substituents is 1. The van der Waals surface area contributed by atoms with Crippen LogP contribution in [0.5, 0.6) is 0 Å². The number of amides is 1. The van der Waals surface area contributed by atoms with Crippen molar-refractivity contribution in [3.8, 4) is 0 Å². The number of nitrogens with zero attached hydrogens (tertiary/aromatic N) is 3. The van der Waals surface area contributed by atoms with Crippen LogP contribution >= 0.6 is 0 Å². The summed E-state index contributed by atoms with van der Waals surface area (Å²) in [6.45, 7) is 7.38. The predicted octanol–water partition coefficient (Wildman–Crippen LogP) is 2.75. The minimum atomic E-state index is -0.408. The fourth-order valence-corrected chi connectivity index (χ4v) is 3.99. The van der Waals surface area contributed by atoms with E-state index >= 15 is 0 Å². The first-order chi connectivity index (χ1) is 14.1. The van der Waals surface area contributed by atoms with Gasteiger partial charge in [0.1, 0.15) is 0 Å². The molecule has 8 heteroatoms. The molecule has 29 heavy (non-hydrogen) atoms. The number of morpholine rings is 1. The summed E-state index contributed by atoms with van der Waals surface area (Å²) < 4.78 is 5.40. The van der Waals surface area contributed by atoms with Gasteiger partial charge >= 0.3 is 0 Å². The third-order valence-electron chi connectivity index (χ3n) is 5.90. The van der Waals surface area contributed by atoms with Crippen molar-refractivity contribution in [1.82, 2.24) is 9.80 Å². The number of benzene rings is 1. The Morgan fingerprint density at radius 1 is 1.14 bits per heavy atom. The second-order valence-electron chi connectivity index (χ2n) is 7.90. The number of likely N-dealkylation sites (tertiary alicyclic amines) is 1. The Balaban J connectivity index is 1.27. The van der Waals surface area contributed by atoms with Crippen LogP contribution < -0.4 is 5.32 Å². The summed E-state index contributed by atoms with van der Waals surface area (Å²) in [6.07, 6.45) is 4.74. The third kappa shape index (κ3) is 6.97. The van der Waals surface area contributed by atoms with Crippen molar-refractivity contribution >= 4 is 17.3 Å². The second kappa shape index (κ2) is 11.1. The van der Waals surface area contributed by atoms with Crippen molar-refractivity contribution < 1.29 is 14.5 Å². The molecule has 0 spiro atoms. The average Bonchev–Trinajstić information content (AvgIpc) is 2.76. The highest BCUT2D eigenvalue weighted by atomic mass is 16.6. The molecular formula is C21H32N4O4. The zero-order valence-electron chi connectivity index (χ0n) is 17.1. The largest absolute Gasteiger partial charge is 0.385 e. The predicted molar refractivity (Wildman–Crippen MR) is 112 cm³/mol. The van der Waals surface area contributed by atoms with Gasteiger partial charge in [0.15, 0.2) is 0 Å². The fraction of sp³-hybridized carbons (Fsp3) is 0.667. The highest BCUT2D eigenvalue weighted by molar-refractivity contribution is 5.76. The van der Waals surface area contributed by atoms with E-state index in [4.69, 9.17) is 4.74 Å². The number of nitro groups is 1. The summed E-state index contributed by atoms with van der Waals surface area (Å²) >= 11 is 0. The van der Waals surface area contributed by atoms with E-state index in [1.807, 2.05) is 4.90 Å². The van der Waals surface area contributed by atoms with Crippen LogP contribution in [0.25, 0.3) is 0 Å². The molecule has 2 aliphatic heterocycles. The maximum Gasteiger partial charge on any atom is 0.269 e. The molecule has 1 aromatic carbocycles. The molecule has 0 bridgehead atoms. The van der Waals surface area contributed by atoms with Crippen molar-refractivity contribution in [2.24, 2.45) is 5.92 Å². The molecule has 0 aliphatic carbocycles. The van der Waals surface area contributed by atoms with Gasteiger partial charge in [-0.15, -0.1) is 0 Å². The number of ether oxygens (including phenoxy) is 1. The van der Waals surface area contributed by atoms with Gasteiger partial charge in [0, 0.05) is 57.0 Å². The smallest absolute Gasteiger partial charge is 0.269 e. The molecule has 1 aromatic rings. The van der Waals surface area contributed by atoms with Crippen LogP contribution in [0.3, 0.4) is 0 Å². The lowest BCUT2D eigenvalue weighted by Crippen LogP contribution is -2.40. The normalized spacial score (nSPS) is 18.6. The molecule has 0 radical (unpaired) electrons. The maximum atomic E-state index is 12.4. The summed E-state index contributed by atoms with van der Waals surface area (Å²) in [6, 6.07) is 6.36. The van der Waals surface area contributed by atoms with Crippen LogP contribution in [0.2, 0.25) is 0 Å². The van der Waals surface area contributed by atoms with Crippen molar-refractivity contribution in [2.45, 2.75) is 32.1 Å². The van der Waals surface area contributed by atoms with Gasteiger partial charge in [0.05, 0.1) is 18.1 Å². The summed E-state index contributed by atoms with van der Waals surface area (Å²) in [5.74, 6) is 0.966. The minimum Gasteiger partial charge on any atom is -0.385 e. The van der Waals surface area contributed by atoms with E-state index in [1.54, 1.807) is 12.1 Å². The van der Waals surface area contributed by atoms with Crippen molar-refractivity contribution in [3.63, 3.8) is 0 Å². The number of nitro benzene ring substituents is 1. The van der Waals surface area contributed by atoms with Gasteiger partial charge in [0.2, 0.25) is 5.91 Å². The van der Waals surface area contributed by atoms with Gasteiger partial charge in [-0.05, 0) is 50.3 Å². The van der Waals surface area contributed by atoms with Crippen LogP contribution in [0, 0.1) is 16.0 Å². The van der Waals surface area contributed by atoms with E-state index in [-0.39, 0.29) is 11.6 Å². The van der Waals surface area contributed by atoms with Gasteiger partial charge in [-0.25, -0.2) is 0 Å². The number of carbonyl (C=O) groups is 1. The molecule has 0 aromatic heterocycles. The van der Waals surface area contributed by atoms with Gasteiger partial charge in [-0.3, -0.25) is 19.8 Å². The number of hydrogen-bond donors (Lipinski definition) is 1. The fourth-order valence-electron chi connectivity index (χ4n) is 3.99. The minimum absolute atomic E-state index is 0.0825. The zero-order chi connectivity index (χ0) is 20.5. The highest BCUT2D eigenvalue weighted by Crippen LogP contribution is 2.22. The van der Waals surface area contributed by atoms with Crippen LogP contribution in [-0.2, 0) is 9.53 Å². The monoisotopic (exact) mass is 404 g/mol. The second-order valence-corrected chi connectivity index (χ2v) is 7.90. The third-order valence-corrected chi connectivity index (χ3v) is 5.90. The molecule has 1 N–H and O–H groups in total. The molecule has 1 amide bonds. The number of piperidine rings is 1. The van der Waals surface area contributed by atoms with E-state index in [0.29, 0.717) is 13.0 Å². The first-order valence-electron chi connectivity index (χ1n) is 10.7. The van der Waals surface area contributed by atoms with E-state index in [1.165, 1.54) is 18.6 Å². The SMILES string of the molecule is O=C(CCCNc1ccc([N+](=O)[O-])cc1)N1CCC(CCN2CCOCC2)CC1. The summed E-state index contributed by atoms with van der Waals surface area (Å²) in [5.41, 5.74) is 0.920. The molecule has 0 unspecified atom stereocenters. The number of nitrogens with one attached hydrogen (secondary N) is 1. The quantitative estimate of drug-likeness (QED) is 0.387. The molecule has 2 fully saturated rings. The number of carbonyl (C=O) groups excluding carboxylic acids is 1. The summed E-state index contributed by atoms with van der Waals surface area (Å²) in [7, 11) is 0. The molecule has 2 heterocycles. The van der Waals surface area contributed by atoms with Crippen LogP contribution in [-0.4, -0.2) is 73.1 Å². The highest BCUT2D eigenvalue weighted by Gasteiger charge is 2.23. The molecule has 160 valence electrons. The van der Waals surface area contributed by atoms with E-state index in [9.17, 15) is 14.9 Å². The Bertz CT molecular complexity index is 653. The van der Waals surface area contributed by atoms with E-state index in [2.05, 4.69) is 10.2 Å². The van der Waals surface area contributed by atoms with Gasteiger partial charge in [-0.1, -0.05) is 0 Å². The Kier molecular flexibility index (Phi) is 8.25. The lowest BCUT2D eigenvalue weighted by atomic mass is 9.93. The van der Waals surface area contributed by atoms with Crippen LogP contribution in [0.15, 0.2) is 24.3 Å². The Morgan fingerprint density at radius 3 is 2.48 bits per heavy atom. The van der Waals surface area contributed by atoms with Gasteiger partial charge in [-0.2, -0.15) is 0 Å². The standard InChI is InChI=1S/C21H32N4O4/c26-21(2-1-10-22-19-3-5-20(6-4-19)25(27)28)24-12-8-18(9-13-24)7-11-23-14-16-29-17-15-23/h3-6,18,22H,1-2,7-17H2. The van der Waals surface area contributed by atoms with Crippen molar-refractivity contribution in [1.29, 1.82) is 0 Å². The maximum absolute atomic E-state index is 12.4. The lowest BCUT2D eigenvalue weighted by Gasteiger charge is -2.34. The Labute approximate surface area is 172 Å². The first kappa shape index (κ1) is 21.5. The number of anilines is 1. The van der Waals surface area contributed by atoms with Gasteiger partial charge < -0.3 is 15.0 Å². The first-order valence-corrected chi connectivity index (χ1v) is 10.7. The van der Waals surface area contributed by atoms with E-state index in [0.717, 1.165) is 76.8 Å². The zero-order valence-corrected chi connectivity index (χ0v) is 17.1. The molecule has 8 nitrogen and oxygen atoms in total. The van der Waals surface area contributed by atoms with Crippen molar-refractivity contribution in [2.75, 3.05) is 57.8 Å². The summed E-state index contributed by atoms with van der Waals surface area (Å²) in [5, 5.41) is 13.9. The van der Waals surface area contributed by atoms with Gasteiger partial charge in [0.25, 0.3) is 5.69 Å². The van der Waals surface area contributed by atoms with E-state index < -0.39 is 4.92 Å². The topological polar surface area (TPSA) is 87.9 Å². The molecule has 2 aliphatic rings. The lowest BCUT2D eigenvalue weighted by molar-refractivity contribution is -0.384. The number of rotatable bonds is 9. The summed E-state index contributed by atoms with van der Waals surface area (Å²) in [4.78, 5) is 27.2. The van der Waals surface area contributed by atoms with Crippen molar-refractivity contribution in [3.05, 3.63) is 34.4 Å². The average molecular weight is 405 g/mol. The number of hydrogen-bond acceptors (Lipinski definition) is 6. The molecule has 0 atom stereocenters. The molecule has 2 saturated heterocycles. The Hall–Kier alpha value is -2.19. The van der Waals surface area contributed by atoms with Crippen LogP contribution in [0.1, 0.15) is 32.1 Å². The molecule has 0 saturated carbocycles. The van der Waals surface area contributed by atoms with Crippen LogP contribution in [0.4, 0.5) is 11.4 Å².